The molecule has 0 bridgehead atoms. The number of nitrogen functional groups attached to an aromatic ring is 1. The fourth-order valence-electron chi connectivity index (χ4n) is 3.18. The number of nitrogens with two attached hydrogens (primary N) is 1. The Morgan fingerprint density at radius 2 is 1.97 bits per heavy atom. The molecule has 11 nitrogen and oxygen atoms in total. The Labute approximate surface area is 199 Å². The average Bonchev–Trinajstić information content (AvgIpc) is 3.43. The van der Waals surface area contributed by atoms with Gasteiger partial charge >= 0.3 is 0 Å². The highest BCUT2D eigenvalue weighted by Gasteiger charge is 2.16. The van der Waals surface area contributed by atoms with Crippen LogP contribution in [0.25, 0.3) is 11.4 Å². The monoisotopic (exact) mass is 481 g/mol. The van der Waals surface area contributed by atoms with Crippen molar-refractivity contribution in [3.63, 3.8) is 0 Å². The molecule has 0 amide bonds. The molecule has 176 valence electrons. The Morgan fingerprint density at radius 3 is 2.68 bits per heavy atom. The first kappa shape index (κ1) is 23.2. The van der Waals surface area contributed by atoms with Crippen molar-refractivity contribution in [3.8, 4) is 17.1 Å². The van der Waals surface area contributed by atoms with Crippen molar-refractivity contribution in [2.75, 3.05) is 5.84 Å². The number of ether oxygens (including phenoxy) is 1. The zero-order valence-corrected chi connectivity index (χ0v) is 19.7. The molecule has 0 fully saturated rings. The van der Waals surface area contributed by atoms with Gasteiger partial charge in [-0.2, -0.15) is 4.98 Å². The predicted octanol–water partition coefficient (Wildman–Crippen LogP) is 4.25. The SMILES string of the molecule is Cc1ccc(C(C)C)c(OCc2nnc(SCc3nc(-c4ccc([N+](=O)[O-])cc4)no3)n2N)c1. The second-order valence-corrected chi connectivity index (χ2v) is 8.80. The van der Waals surface area contributed by atoms with Gasteiger partial charge in [-0.15, -0.1) is 10.2 Å². The molecule has 0 aliphatic carbocycles. The molecule has 0 aliphatic rings. The zero-order valence-electron chi connectivity index (χ0n) is 18.8. The molecule has 0 saturated carbocycles. The summed E-state index contributed by atoms with van der Waals surface area (Å²) in [5.41, 5.74) is 2.83. The molecule has 4 aromatic rings. The summed E-state index contributed by atoms with van der Waals surface area (Å²) >= 11 is 1.29. The fraction of sp³-hybridized carbons (Fsp3) is 0.273. The summed E-state index contributed by atoms with van der Waals surface area (Å²) in [6, 6.07) is 12.1. The number of hydrogen-bond acceptors (Lipinski definition) is 10. The summed E-state index contributed by atoms with van der Waals surface area (Å²) in [6.45, 7) is 6.42. The van der Waals surface area contributed by atoms with Gasteiger partial charge in [-0.25, -0.2) is 4.68 Å². The molecule has 2 heterocycles. The number of aryl methyl sites for hydroxylation is 1. The first-order chi connectivity index (χ1) is 16.3. The molecule has 34 heavy (non-hydrogen) atoms. The smallest absolute Gasteiger partial charge is 0.269 e. The van der Waals surface area contributed by atoms with Crippen LogP contribution in [0.4, 0.5) is 5.69 Å². The van der Waals surface area contributed by atoms with Crippen LogP contribution in [-0.4, -0.2) is 29.9 Å². The van der Waals surface area contributed by atoms with Gasteiger partial charge in [0.1, 0.15) is 12.4 Å². The molecule has 4 rings (SSSR count). The first-order valence-corrected chi connectivity index (χ1v) is 11.4. The van der Waals surface area contributed by atoms with Gasteiger partial charge in [0.05, 0.1) is 10.7 Å². The number of nitrogens with zero attached hydrogens (tertiary/aromatic N) is 6. The van der Waals surface area contributed by atoms with E-state index in [9.17, 15) is 10.1 Å². The van der Waals surface area contributed by atoms with Gasteiger partial charge < -0.3 is 15.1 Å². The second-order valence-electron chi connectivity index (χ2n) is 7.86. The minimum absolute atomic E-state index is 0.00656. The van der Waals surface area contributed by atoms with E-state index >= 15 is 0 Å². The van der Waals surface area contributed by atoms with Crippen molar-refractivity contribution < 1.29 is 14.2 Å². The maximum Gasteiger partial charge on any atom is 0.269 e. The lowest BCUT2D eigenvalue weighted by molar-refractivity contribution is -0.384. The van der Waals surface area contributed by atoms with Crippen LogP contribution in [0.5, 0.6) is 5.75 Å². The standard InChI is InChI=1S/C22H23N7O4S/c1-13(2)17-9-4-14(3)10-18(17)32-11-19-25-26-22(28(19)23)34-12-20-24-21(27-33-20)15-5-7-16(8-6-15)29(30)31/h4-10,13H,11-12,23H2,1-3H3. The number of rotatable bonds is 9. The molecule has 0 spiro atoms. The van der Waals surface area contributed by atoms with E-state index < -0.39 is 4.92 Å². The molecule has 12 heteroatoms. The lowest BCUT2D eigenvalue weighted by Gasteiger charge is -2.14. The highest BCUT2D eigenvalue weighted by atomic mass is 32.2. The van der Waals surface area contributed by atoms with Crippen LogP contribution in [0.15, 0.2) is 52.1 Å². The van der Waals surface area contributed by atoms with Crippen LogP contribution in [0.1, 0.15) is 42.6 Å². The number of thioether (sulfide) groups is 1. The van der Waals surface area contributed by atoms with Crippen molar-refractivity contribution in [3.05, 3.63) is 75.4 Å². The highest BCUT2D eigenvalue weighted by molar-refractivity contribution is 7.98. The minimum atomic E-state index is -0.464. The van der Waals surface area contributed by atoms with Crippen molar-refractivity contribution in [1.82, 2.24) is 25.0 Å². The van der Waals surface area contributed by atoms with Gasteiger partial charge in [-0.3, -0.25) is 10.1 Å². The fourth-order valence-corrected chi connectivity index (χ4v) is 3.89. The molecular formula is C22H23N7O4S. The molecule has 2 aromatic carbocycles. The summed E-state index contributed by atoms with van der Waals surface area (Å²) in [5.74, 6) is 8.80. The zero-order chi connectivity index (χ0) is 24.2. The molecule has 2 N–H and O–H groups in total. The van der Waals surface area contributed by atoms with Gasteiger partial charge in [-0.1, -0.05) is 42.9 Å². The lowest BCUT2D eigenvalue weighted by atomic mass is 10.0. The van der Waals surface area contributed by atoms with Crippen molar-refractivity contribution in [2.45, 2.75) is 44.2 Å². The third-order valence-corrected chi connectivity index (χ3v) is 5.94. The van der Waals surface area contributed by atoms with E-state index in [0.717, 1.165) is 16.9 Å². The van der Waals surface area contributed by atoms with E-state index in [1.54, 1.807) is 12.1 Å². The van der Waals surface area contributed by atoms with Gasteiger partial charge in [0.2, 0.25) is 16.9 Å². The summed E-state index contributed by atoms with van der Waals surface area (Å²) in [6.07, 6.45) is 0. The van der Waals surface area contributed by atoms with E-state index in [4.69, 9.17) is 15.1 Å². The number of hydrogen-bond donors (Lipinski definition) is 1. The van der Waals surface area contributed by atoms with E-state index in [2.05, 4.69) is 46.3 Å². The van der Waals surface area contributed by atoms with E-state index in [1.165, 1.54) is 28.6 Å². The summed E-state index contributed by atoms with van der Waals surface area (Å²) in [7, 11) is 0. The first-order valence-electron chi connectivity index (χ1n) is 10.4. The largest absolute Gasteiger partial charge is 0.485 e. The van der Waals surface area contributed by atoms with Crippen LogP contribution in [-0.2, 0) is 12.4 Å². The van der Waals surface area contributed by atoms with Crippen LogP contribution >= 0.6 is 11.8 Å². The lowest BCUT2D eigenvalue weighted by Crippen LogP contribution is -2.16. The normalized spacial score (nSPS) is 11.2. The van der Waals surface area contributed by atoms with Crippen molar-refractivity contribution in [2.24, 2.45) is 0 Å². The molecule has 0 atom stereocenters. The molecular weight excluding hydrogens is 458 g/mol. The van der Waals surface area contributed by atoms with Crippen LogP contribution in [0.2, 0.25) is 0 Å². The molecule has 0 radical (unpaired) electrons. The maximum atomic E-state index is 10.8. The van der Waals surface area contributed by atoms with Gasteiger partial charge in [0.25, 0.3) is 5.69 Å². The number of non-ortho nitro benzene ring substituents is 1. The van der Waals surface area contributed by atoms with E-state index in [1.807, 2.05) is 13.0 Å². The Bertz CT molecular complexity index is 1300. The Morgan fingerprint density at radius 1 is 1.21 bits per heavy atom. The van der Waals surface area contributed by atoms with E-state index in [0.29, 0.717) is 39.9 Å². The van der Waals surface area contributed by atoms with Crippen molar-refractivity contribution in [1.29, 1.82) is 0 Å². The molecule has 0 aliphatic heterocycles. The van der Waals surface area contributed by atoms with Gasteiger partial charge in [0, 0.05) is 17.7 Å². The number of benzene rings is 2. The number of nitro benzene ring substituents is 1. The predicted molar refractivity (Wildman–Crippen MR) is 126 cm³/mol. The second kappa shape index (κ2) is 9.91. The quantitative estimate of drug-likeness (QED) is 0.159. The third kappa shape index (κ3) is 5.17. The van der Waals surface area contributed by atoms with Crippen LogP contribution in [0, 0.1) is 17.0 Å². The Kier molecular flexibility index (Phi) is 6.77. The molecule has 2 aromatic heterocycles. The van der Waals surface area contributed by atoms with E-state index in [-0.39, 0.29) is 12.3 Å². The summed E-state index contributed by atoms with van der Waals surface area (Å²) in [5, 5.41) is 23.5. The van der Waals surface area contributed by atoms with Crippen LogP contribution < -0.4 is 10.6 Å². The number of aromatic nitrogens is 5. The van der Waals surface area contributed by atoms with Crippen LogP contribution in [0.3, 0.4) is 0 Å². The van der Waals surface area contributed by atoms with Gasteiger partial charge in [0.15, 0.2) is 5.82 Å². The Hall–Kier alpha value is -3.93. The maximum absolute atomic E-state index is 10.8. The minimum Gasteiger partial charge on any atom is -0.485 e. The summed E-state index contributed by atoms with van der Waals surface area (Å²) < 4.78 is 12.7. The average molecular weight is 482 g/mol. The highest BCUT2D eigenvalue weighted by Crippen LogP contribution is 2.28. The topological polar surface area (TPSA) is 148 Å². The molecule has 0 saturated heterocycles. The number of nitro groups is 1. The van der Waals surface area contributed by atoms with Crippen molar-refractivity contribution >= 4 is 17.4 Å². The summed E-state index contributed by atoms with van der Waals surface area (Å²) in [4.78, 5) is 14.7. The van der Waals surface area contributed by atoms with Gasteiger partial charge in [-0.05, 0) is 42.2 Å². The Balaban J connectivity index is 1.38. The molecule has 0 unspecified atom stereocenters. The third-order valence-electron chi connectivity index (χ3n) is 5.01.